The highest BCUT2D eigenvalue weighted by Crippen LogP contribution is 2.19. The molecule has 1 aromatic carbocycles. The third-order valence-corrected chi connectivity index (χ3v) is 3.11. The zero-order valence-electron chi connectivity index (χ0n) is 14.0. The molecule has 0 spiro atoms. The third kappa shape index (κ3) is 9.28. The molecule has 1 radical (unpaired) electrons. The van der Waals surface area contributed by atoms with Crippen molar-refractivity contribution in [2.75, 3.05) is 13.2 Å². The molecule has 0 aliphatic heterocycles. The lowest BCUT2D eigenvalue weighted by molar-refractivity contribution is 0.296. The molecule has 121 valence electrons. The van der Waals surface area contributed by atoms with Gasteiger partial charge in [-0.25, -0.2) is 0 Å². The molecule has 0 saturated carbocycles. The van der Waals surface area contributed by atoms with Gasteiger partial charge in [0.1, 0.15) is 11.5 Å². The van der Waals surface area contributed by atoms with Crippen LogP contribution in [0.5, 0.6) is 11.5 Å². The summed E-state index contributed by atoms with van der Waals surface area (Å²) in [5.41, 5.74) is 0. The second-order valence-electron chi connectivity index (χ2n) is 5.13. The van der Waals surface area contributed by atoms with Gasteiger partial charge in [0.15, 0.2) is 0 Å². The Balaban J connectivity index is 2.21. The number of allylic oxidation sites excluding steroid dienone is 4. The number of hydrogen-bond donors (Lipinski definition) is 0. The maximum absolute atomic E-state index is 5.74. The van der Waals surface area contributed by atoms with Crippen molar-refractivity contribution in [3.05, 3.63) is 48.6 Å². The largest absolute Gasteiger partial charge is 0.493 e. The molecule has 0 N–H and O–H groups in total. The third-order valence-electron chi connectivity index (χ3n) is 3.11. The first-order valence-corrected chi connectivity index (χ1v) is 8.44. The lowest BCUT2D eigenvalue weighted by Crippen LogP contribution is -1.99. The van der Waals surface area contributed by atoms with Crippen LogP contribution in [-0.2, 0) is 0 Å². The van der Waals surface area contributed by atoms with Crippen LogP contribution in [0.1, 0.15) is 52.4 Å². The Kier molecular flexibility index (Phi) is 10.8. The van der Waals surface area contributed by atoms with Crippen molar-refractivity contribution < 1.29 is 9.47 Å². The molecule has 0 aromatic heterocycles. The van der Waals surface area contributed by atoms with Crippen molar-refractivity contribution in [3.8, 4) is 11.5 Å². The Bertz CT molecular complexity index is 398. The van der Waals surface area contributed by atoms with Crippen molar-refractivity contribution in [3.63, 3.8) is 0 Å². The molecule has 0 fully saturated rings. The molecule has 0 saturated heterocycles. The highest BCUT2D eigenvalue weighted by Gasteiger charge is 1.98. The second kappa shape index (κ2) is 13.0. The van der Waals surface area contributed by atoms with E-state index in [0.29, 0.717) is 0 Å². The molecule has 0 unspecified atom stereocenters. The van der Waals surface area contributed by atoms with Crippen molar-refractivity contribution in [2.24, 2.45) is 0 Å². The Morgan fingerprint density at radius 1 is 0.909 bits per heavy atom. The molecule has 2 nitrogen and oxygen atoms in total. The first kappa shape index (κ1) is 18.3. The Morgan fingerprint density at radius 2 is 1.55 bits per heavy atom. The van der Waals surface area contributed by atoms with Gasteiger partial charge >= 0.3 is 0 Å². The number of ether oxygens (including phenoxy) is 2. The van der Waals surface area contributed by atoms with E-state index in [2.05, 4.69) is 44.2 Å². The minimum absolute atomic E-state index is 0.718. The maximum atomic E-state index is 5.74. The fourth-order valence-corrected chi connectivity index (χ4v) is 1.94. The summed E-state index contributed by atoms with van der Waals surface area (Å²) in [6.45, 7) is 5.75. The van der Waals surface area contributed by atoms with Gasteiger partial charge in [-0.3, -0.25) is 0 Å². The topological polar surface area (TPSA) is 18.5 Å². The predicted octanol–water partition coefficient (Wildman–Crippen LogP) is 5.74. The summed E-state index contributed by atoms with van der Waals surface area (Å²) in [5, 5.41) is 0. The van der Waals surface area contributed by atoms with E-state index in [1.54, 1.807) is 0 Å². The van der Waals surface area contributed by atoms with Crippen molar-refractivity contribution >= 4 is 0 Å². The maximum Gasteiger partial charge on any atom is 0.130 e. The van der Waals surface area contributed by atoms with Crippen LogP contribution in [0.3, 0.4) is 0 Å². The van der Waals surface area contributed by atoms with Gasteiger partial charge in [0.05, 0.1) is 13.2 Å². The molecule has 0 bridgehead atoms. The van der Waals surface area contributed by atoms with Crippen molar-refractivity contribution in [1.82, 2.24) is 0 Å². The van der Waals surface area contributed by atoms with E-state index in [4.69, 9.17) is 9.47 Å². The highest BCUT2D eigenvalue weighted by molar-refractivity contribution is 5.31. The van der Waals surface area contributed by atoms with Crippen LogP contribution in [0.2, 0.25) is 0 Å². The fourth-order valence-electron chi connectivity index (χ4n) is 1.94. The molecular formula is C20H29O2. The SMILES string of the molecule is CC/C=C/CCCOc1[c]ccc(OCCC/C=C/CC)c1. The number of benzene rings is 1. The molecule has 0 amide bonds. The van der Waals surface area contributed by atoms with Crippen LogP contribution in [0.15, 0.2) is 42.5 Å². The van der Waals surface area contributed by atoms with E-state index in [0.717, 1.165) is 63.2 Å². The Hall–Kier alpha value is -1.70. The van der Waals surface area contributed by atoms with Crippen LogP contribution in [-0.4, -0.2) is 13.2 Å². The average Bonchev–Trinajstić information content (AvgIpc) is 2.54. The summed E-state index contributed by atoms with van der Waals surface area (Å²) in [5.74, 6) is 1.63. The first-order chi connectivity index (χ1) is 10.9. The zero-order valence-corrected chi connectivity index (χ0v) is 14.0. The lowest BCUT2D eigenvalue weighted by Gasteiger charge is -2.08. The average molecular weight is 301 g/mol. The monoisotopic (exact) mass is 301 g/mol. The highest BCUT2D eigenvalue weighted by atomic mass is 16.5. The van der Waals surface area contributed by atoms with E-state index >= 15 is 0 Å². The molecule has 0 heterocycles. The number of rotatable bonds is 12. The minimum Gasteiger partial charge on any atom is -0.493 e. The normalized spacial score (nSPS) is 11.4. The first-order valence-electron chi connectivity index (χ1n) is 8.44. The molecule has 22 heavy (non-hydrogen) atoms. The van der Waals surface area contributed by atoms with Crippen LogP contribution in [0.4, 0.5) is 0 Å². The molecule has 2 heteroatoms. The summed E-state index contributed by atoms with van der Waals surface area (Å²) in [6, 6.07) is 8.81. The fraction of sp³-hybridized carbons (Fsp3) is 0.500. The van der Waals surface area contributed by atoms with Gasteiger partial charge in [-0.15, -0.1) is 0 Å². The van der Waals surface area contributed by atoms with E-state index in [1.807, 2.05) is 18.2 Å². The van der Waals surface area contributed by atoms with Gasteiger partial charge in [-0.2, -0.15) is 0 Å². The number of unbranched alkanes of at least 4 members (excludes halogenated alkanes) is 2. The quantitative estimate of drug-likeness (QED) is 0.362. The van der Waals surface area contributed by atoms with Crippen LogP contribution in [0.25, 0.3) is 0 Å². The van der Waals surface area contributed by atoms with Crippen LogP contribution >= 0.6 is 0 Å². The van der Waals surface area contributed by atoms with E-state index < -0.39 is 0 Å². The van der Waals surface area contributed by atoms with E-state index in [1.165, 1.54) is 0 Å². The predicted molar refractivity (Wildman–Crippen MR) is 93.6 cm³/mol. The molecule has 0 atom stereocenters. The summed E-state index contributed by atoms with van der Waals surface area (Å²) < 4.78 is 11.4. The minimum atomic E-state index is 0.718. The van der Waals surface area contributed by atoms with E-state index in [9.17, 15) is 0 Å². The van der Waals surface area contributed by atoms with Gasteiger partial charge in [0.2, 0.25) is 0 Å². The standard InChI is InChI=1S/C20H29O2/c1-3-5-7-9-11-16-21-19-14-13-15-20(18-19)22-17-12-10-8-6-4-2/h5-8,13-14,18H,3-4,9-12,16-17H2,1-2H3/b7-5+,8-6+. The van der Waals surface area contributed by atoms with Gasteiger partial charge < -0.3 is 9.47 Å². The smallest absolute Gasteiger partial charge is 0.130 e. The Morgan fingerprint density at radius 3 is 2.18 bits per heavy atom. The van der Waals surface area contributed by atoms with Gasteiger partial charge in [-0.05, 0) is 50.7 Å². The van der Waals surface area contributed by atoms with Crippen molar-refractivity contribution in [1.29, 1.82) is 0 Å². The van der Waals surface area contributed by atoms with Gasteiger partial charge in [0, 0.05) is 12.1 Å². The van der Waals surface area contributed by atoms with Crippen LogP contribution < -0.4 is 9.47 Å². The van der Waals surface area contributed by atoms with Gasteiger partial charge in [-0.1, -0.05) is 38.2 Å². The van der Waals surface area contributed by atoms with E-state index in [-0.39, 0.29) is 0 Å². The molecule has 0 aliphatic rings. The molecule has 1 rings (SSSR count). The lowest BCUT2D eigenvalue weighted by atomic mass is 10.2. The summed E-state index contributed by atoms with van der Waals surface area (Å²) in [6.07, 6.45) is 15.2. The summed E-state index contributed by atoms with van der Waals surface area (Å²) >= 11 is 0. The molecule has 1 aromatic rings. The van der Waals surface area contributed by atoms with Crippen LogP contribution in [0, 0.1) is 6.07 Å². The number of hydrogen-bond acceptors (Lipinski definition) is 2. The van der Waals surface area contributed by atoms with Crippen molar-refractivity contribution in [2.45, 2.75) is 52.4 Å². The molecule has 0 aliphatic carbocycles. The van der Waals surface area contributed by atoms with Gasteiger partial charge in [0.25, 0.3) is 0 Å². The second-order valence-corrected chi connectivity index (χ2v) is 5.13. The molecular weight excluding hydrogens is 272 g/mol. The summed E-state index contributed by atoms with van der Waals surface area (Å²) in [7, 11) is 0. The zero-order chi connectivity index (χ0) is 15.9. The summed E-state index contributed by atoms with van der Waals surface area (Å²) in [4.78, 5) is 0. The Labute approximate surface area is 135 Å².